The van der Waals surface area contributed by atoms with E-state index < -0.39 is 5.82 Å². The van der Waals surface area contributed by atoms with Crippen LogP contribution >= 0.6 is 0 Å². The lowest BCUT2D eigenvalue weighted by atomic mass is 9.93. The Bertz CT molecular complexity index is 464. The van der Waals surface area contributed by atoms with E-state index in [9.17, 15) is 9.18 Å². The molecule has 20 heavy (non-hydrogen) atoms. The molecule has 1 fully saturated rings. The Labute approximate surface area is 120 Å². The highest BCUT2D eigenvalue weighted by molar-refractivity contribution is 5.94. The van der Waals surface area contributed by atoms with E-state index in [2.05, 4.69) is 19.2 Å². The molecule has 0 bridgehead atoms. The van der Waals surface area contributed by atoms with E-state index in [0.29, 0.717) is 25.0 Å². The molecule has 1 aliphatic rings. The molecular weight excluding hydrogens is 255 g/mol. The van der Waals surface area contributed by atoms with E-state index in [4.69, 9.17) is 0 Å². The summed E-state index contributed by atoms with van der Waals surface area (Å²) in [4.78, 5) is 14.1. The number of likely N-dealkylation sites (tertiary alicyclic amines) is 1. The molecule has 3 nitrogen and oxygen atoms in total. The second-order valence-corrected chi connectivity index (χ2v) is 5.56. The van der Waals surface area contributed by atoms with Gasteiger partial charge in [-0.15, -0.1) is 0 Å². The third-order valence-electron chi connectivity index (χ3n) is 3.95. The van der Waals surface area contributed by atoms with Crippen molar-refractivity contribution >= 4 is 5.91 Å². The molecule has 0 aliphatic carbocycles. The molecule has 110 valence electrons. The number of carbonyl (C=O) groups excluding carboxylic acids is 1. The van der Waals surface area contributed by atoms with Crippen molar-refractivity contribution < 1.29 is 9.18 Å². The minimum atomic E-state index is -0.434. The zero-order valence-corrected chi connectivity index (χ0v) is 12.2. The van der Waals surface area contributed by atoms with Gasteiger partial charge in [0.1, 0.15) is 5.82 Å². The number of carbonyl (C=O) groups is 1. The normalized spacial score (nSPS) is 22.9. The Kier molecular flexibility index (Phi) is 5.12. The molecule has 0 radical (unpaired) electrons. The van der Waals surface area contributed by atoms with Crippen molar-refractivity contribution in [2.75, 3.05) is 19.6 Å². The van der Waals surface area contributed by atoms with Gasteiger partial charge in [0, 0.05) is 19.1 Å². The van der Waals surface area contributed by atoms with Crippen LogP contribution in [-0.2, 0) is 0 Å². The van der Waals surface area contributed by atoms with Crippen molar-refractivity contribution in [1.29, 1.82) is 0 Å². The molecule has 0 saturated carbocycles. The van der Waals surface area contributed by atoms with Gasteiger partial charge in [0.25, 0.3) is 5.91 Å². The maximum Gasteiger partial charge on any atom is 0.256 e. The lowest BCUT2D eigenvalue weighted by Crippen LogP contribution is -2.50. The Morgan fingerprint density at radius 2 is 2.20 bits per heavy atom. The Balaban J connectivity index is 1.99. The van der Waals surface area contributed by atoms with Gasteiger partial charge in [-0.2, -0.15) is 0 Å². The Morgan fingerprint density at radius 1 is 1.45 bits per heavy atom. The minimum Gasteiger partial charge on any atom is -0.338 e. The highest BCUT2D eigenvalue weighted by Gasteiger charge is 2.29. The second kappa shape index (κ2) is 6.84. The molecule has 0 spiro atoms. The first-order chi connectivity index (χ1) is 9.63. The van der Waals surface area contributed by atoms with Gasteiger partial charge in [0.2, 0.25) is 0 Å². The molecule has 1 aromatic rings. The number of hydrogen-bond acceptors (Lipinski definition) is 2. The first kappa shape index (κ1) is 15.0. The van der Waals surface area contributed by atoms with Crippen LogP contribution < -0.4 is 5.32 Å². The summed E-state index contributed by atoms with van der Waals surface area (Å²) in [7, 11) is 0. The van der Waals surface area contributed by atoms with Gasteiger partial charge in [0.15, 0.2) is 0 Å². The monoisotopic (exact) mass is 278 g/mol. The molecule has 1 saturated heterocycles. The van der Waals surface area contributed by atoms with Gasteiger partial charge in [-0.05, 0) is 37.4 Å². The quantitative estimate of drug-likeness (QED) is 0.918. The molecule has 1 aromatic carbocycles. The summed E-state index contributed by atoms with van der Waals surface area (Å²) in [6.45, 7) is 6.69. The molecule has 1 N–H and O–H groups in total. The topological polar surface area (TPSA) is 32.3 Å². The van der Waals surface area contributed by atoms with E-state index in [0.717, 1.165) is 19.4 Å². The number of benzene rings is 1. The average molecular weight is 278 g/mol. The molecule has 2 unspecified atom stereocenters. The Morgan fingerprint density at radius 3 is 2.85 bits per heavy atom. The maximum atomic E-state index is 13.7. The van der Waals surface area contributed by atoms with Crippen LogP contribution in [0.1, 0.15) is 37.0 Å². The van der Waals surface area contributed by atoms with E-state index in [-0.39, 0.29) is 11.5 Å². The number of hydrogen-bond donors (Lipinski definition) is 1. The third-order valence-corrected chi connectivity index (χ3v) is 3.95. The molecule has 0 aromatic heterocycles. The fraction of sp³-hybridized carbons (Fsp3) is 0.562. The van der Waals surface area contributed by atoms with Crippen LogP contribution in [0.4, 0.5) is 4.39 Å². The van der Waals surface area contributed by atoms with Gasteiger partial charge in [0.05, 0.1) is 5.56 Å². The standard InChI is InChI=1S/C16H23FN2O/c1-3-9-18-15-8-10-19(11-12(15)2)16(20)13-6-4-5-7-14(13)17/h4-7,12,15,18H,3,8-11H2,1-2H3. The minimum absolute atomic E-state index is 0.180. The predicted molar refractivity (Wildman–Crippen MR) is 78.2 cm³/mol. The number of rotatable bonds is 4. The number of nitrogens with one attached hydrogen (secondary N) is 1. The third kappa shape index (κ3) is 3.37. The van der Waals surface area contributed by atoms with E-state index in [1.807, 2.05) is 0 Å². The summed E-state index contributed by atoms with van der Waals surface area (Å²) in [6, 6.07) is 6.67. The zero-order valence-electron chi connectivity index (χ0n) is 12.2. The molecule has 1 amide bonds. The summed E-state index contributed by atoms with van der Waals surface area (Å²) < 4.78 is 13.7. The smallest absolute Gasteiger partial charge is 0.256 e. The summed E-state index contributed by atoms with van der Waals surface area (Å²) in [5.41, 5.74) is 0.180. The number of nitrogens with zero attached hydrogens (tertiary/aromatic N) is 1. The van der Waals surface area contributed by atoms with Crippen molar-refractivity contribution in [3.05, 3.63) is 35.6 Å². The van der Waals surface area contributed by atoms with Gasteiger partial charge in [-0.25, -0.2) is 4.39 Å². The molecule has 2 atom stereocenters. The summed E-state index contributed by atoms with van der Waals surface area (Å²) in [5.74, 6) is -0.230. The summed E-state index contributed by atoms with van der Waals surface area (Å²) >= 11 is 0. The first-order valence-corrected chi connectivity index (χ1v) is 7.40. The van der Waals surface area contributed by atoms with E-state index in [1.54, 1.807) is 23.1 Å². The Hall–Kier alpha value is -1.42. The van der Waals surface area contributed by atoms with Crippen molar-refractivity contribution in [2.24, 2.45) is 5.92 Å². The SMILES string of the molecule is CCCNC1CCN(C(=O)c2ccccc2F)CC1C. The maximum absolute atomic E-state index is 13.7. The van der Waals surface area contributed by atoms with Crippen molar-refractivity contribution in [2.45, 2.75) is 32.7 Å². The van der Waals surface area contributed by atoms with E-state index >= 15 is 0 Å². The molecule has 1 aliphatic heterocycles. The van der Waals surface area contributed by atoms with E-state index in [1.165, 1.54) is 6.07 Å². The molecule has 2 rings (SSSR count). The highest BCUT2D eigenvalue weighted by Crippen LogP contribution is 2.20. The van der Waals surface area contributed by atoms with Gasteiger partial charge >= 0.3 is 0 Å². The predicted octanol–water partition coefficient (Wildman–Crippen LogP) is 2.68. The highest BCUT2D eigenvalue weighted by atomic mass is 19.1. The lowest BCUT2D eigenvalue weighted by molar-refractivity contribution is 0.0640. The summed E-state index contributed by atoms with van der Waals surface area (Å²) in [6.07, 6.45) is 2.04. The van der Waals surface area contributed by atoms with Crippen molar-refractivity contribution in [1.82, 2.24) is 10.2 Å². The van der Waals surface area contributed by atoms with Crippen LogP contribution in [0.15, 0.2) is 24.3 Å². The number of halogens is 1. The van der Waals surface area contributed by atoms with Crippen molar-refractivity contribution in [3.8, 4) is 0 Å². The van der Waals surface area contributed by atoms with Crippen LogP contribution in [-0.4, -0.2) is 36.5 Å². The van der Waals surface area contributed by atoms with Gasteiger partial charge < -0.3 is 10.2 Å². The zero-order chi connectivity index (χ0) is 14.5. The van der Waals surface area contributed by atoms with Crippen LogP contribution in [0, 0.1) is 11.7 Å². The molecular formula is C16H23FN2O. The number of amides is 1. The van der Waals surface area contributed by atoms with Gasteiger partial charge in [-0.1, -0.05) is 26.0 Å². The second-order valence-electron chi connectivity index (χ2n) is 5.56. The van der Waals surface area contributed by atoms with Crippen LogP contribution in [0.3, 0.4) is 0 Å². The number of piperidine rings is 1. The molecule has 4 heteroatoms. The summed E-state index contributed by atoms with van der Waals surface area (Å²) in [5, 5.41) is 3.52. The fourth-order valence-corrected chi connectivity index (χ4v) is 2.77. The van der Waals surface area contributed by atoms with Crippen LogP contribution in [0.2, 0.25) is 0 Å². The largest absolute Gasteiger partial charge is 0.338 e. The average Bonchev–Trinajstić information content (AvgIpc) is 2.46. The van der Waals surface area contributed by atoms with Gasteiger partial charge in [-0.3, -0.25) is 4.79 Å². The molecule has 1 heterocycles. The van der Waals surface area contributed by atoms with Crippen molar-refractivity contribution in [3.63, 3.8) is 0 Å². The fourth-order valence-electron chi connectivity index (χ4n) is 2.77. The first-order valence-electron chi connectivity index (χ1n) is 7.40. The van der Waals surface area contributed by atoms with Crippen LogP contribution in [0.5, 0.6) is 0 Å². The lowest BCUT2D eigenvalue weighted by Gasteiger charge is -2.37. The van der Waals surface area contributed by atoms with Crippen LogP contribution in [0.25, 0.3) is 0 Å².